The minimum absolute atomic E-state index is 0.502. The van der Waals surface area contributed by atoms with Crippen molar-refractivity contribution in [3.63, 3.8) is 0 Å². The van der Waals surface area contributed by atoms with Gasteiger partial charge in [-0.25, -0.2) is 9.67 Å². The van der Waals surface area contributed by atoms with E-state index in [0.29, 0.717) is 24.7 Å². The molecule has 1 fully saturated rings. The van der Waals surface area contributed by atoms with Crippen molar-refractivity contribution in [2.75, 3.05) is 51.8 Å². The molecule has 1 aliphatic rings. The summed E-state index contributed by atoms with van der Waals surface area (Å²) in [5.41, 5.74) is 6.59. The molecule has 1 saturated heterocycles. The maximum Gasteiger partial charge on any atom is 0.253 e. The van der Waals surface area contributed by atoms with Crippen LogP contribution in [0.4, 0.5) is 5.82 Å². The fourth-order valence-electron chi connectivity index (χ4n) is 4.74. The van der Waals surface area contributed by atoms with E-state index in [0.717, 1.165) is 65.8 Å². The SMILES string of the molecule is Cc1cccc(-c2cnn(-c3nc(N4CCOCC4)c4oc(-c5cc(C)nn5CCN(C)C)cc4n3)c2)c1. The average Bonchev–Trinajstić information content (AvgIpc) is 3.65. The Labute approximate surface area is 221 Å². The predicted octanol–water partition coefficient (Wildman–Crippen LogP) is 3.95. The maximum absolute atomic E-state index is 6.47. The fourth-order valence-corrected chi connectivity index (χ4v) is 4.74. The molecule has 0 radical (unpaired) electrons. The normalized spacial score (nSPS) is 14.2. The molecule has 0 N–H and O–H groups in total. The fraction of sp³-hybridized carbons (Fsp3) is 0.357. The van der Waals surface area contributed by atoms with Crippen LogP contribution in [0.2, 0.25) is 0 Å². The molecule has 0 saturated carbocycles. The topological polar surface area (TPSA) is 90.3 Å². The molecule has 4 aromatic heterocycles. The molecule has 0 spiro atoms. The van der Waals surface area contributed by atoms with Gasteiger partial charge >= 0.3 is 0 Å². The van der Waals surface area contributed by atoms with E-state index < -0.39 is 0 Å². The first kappa shape index (κ1) is 24.3. The first-order valence-corrected chi connectivity index (χ1v) is 12.9. The molecule has 6 rings (SSSR count). The van der Waals surface area contributed by atoms with Crippen LogP contribution in [0, 0.1) is 13.8 Å². The van der Waals surface area contributed by atoms with Gasteiger partial charge in [0.1, 0.15) is 11.2 Å². The second-order valence-corrected chi connectivity index (χ2v) is 10.0. The summed E-state index contributed by atoms with van der Waals surface area (Å²) in [7, 11) is 4.12. The average molecular weight is 513 g/mol. The van der Waals surface area contributed by atoms with Gasteiger partial charge in [0.05, 0.1) is 31.6 Å². The number of hydrogen-bond acceptors (Lipinski definition) is 8. The molecule has 5 heterocycles. The van der Waals surface area contributed by atoms with Gasteiger partial charge in [0.2, 0.25) is 0 Å². The van der Waals surface area contributed by atoms with Crippen LogP contribution >= 0.6 is 0 Å². The van der Waals surface area contributed by atoms with Gasteiger partial charge in [0.15, 0.2) is 17.2 Å². The molecular formula is C28H32N8O2. The van der Waals surface area contributed by atoms with E-state index in [4.69, 9.17) is 24.2 Å². The molecule has 0 amide bonds. The molecule has 196 valence electrons. The lowest BCUT2D eigenvalue weighted by Crippen LogP contribution is -2.37. The molecule has 0 aliphatic carbocycles. The van der Waals surface area contributed by atoms with Crippen LogP contribution in [0.15, 0.2) is 53.2 Å². The number of morpholine rings is 1. The van der Waals surface area contributed by atoms with E-state index in [1.54, 1.807) is 4.68 Å². The molecular weight excluding hydrogens is 480 g/mol. The van der Waals surface area contributed by atoms with Crippen LogP contribution in [0.1, 0.15) is 11.3 Å². The third-order valence-corrected chi connectivity index (χ3v) is 6.71. The van der Waals surface area contributed by atoms with E-state index in [2.05, 4.69) is 66.2 Å². The Hall–Kier alpha value is -4.02. The number of furan rings is 1. The minimum atomic E-state index is 0.502. The molecule has 0 bridgehead atoms. The third kappa shape index (κ3) is 4.80. The van der Waals surface area contributed by atoms with Crippen LogP contribution in [0.3, 0.4) is 0 Å². The molecule has 0 atom stereocenters. The van der Waals surface area contributed by atoms with Crippen molar-refractivity contribution in [1.29, 1.82) is 0 Å². The van der Waals surface area contributed by atoms with Crippen molar-refractivity contribution in [2.24, 2.45) is 0 Å². The molecule has 10 heteroatoms. The van der Waals surface area contributed by atoms with Crippen LogP contribution in [0.5, 0.6) is 0 Å². The number of fused-ring (bicyclic) bond motifs is 1. The van der Waals surface area contributed by atoms with Crippen molar-refractivity contribution >= 4 is 16.9 Å². The Morgan fingerprint density at radius 1 is 1.00 bits per heavy atom. The first-order valence-electron chi connectivity index (χ1n) is 12.9. The monoisotopic (exact) mass is 512 g/mol. The summed E-state index contributed by atoms with van der Waals surface area (Å²) >= 11 is 0. The quantitative estimate of drug-likeness (QED) is 0.324. The zero-order valence-electron chi connectivity index (χ0n) is 22.3. The lowest BCUT2D eigenvalue weighted by Gasteiger charge is -2.27. The number of ether oxygens (including phenoxy) is 1. The van der Waals surface area contributed by atoms with Gasteiger partial charge in [-0.3, -0.25) is 4.68 Å². The highest BCUT2D eigenvalue weighted by Crippen LogP contribution is 2.33. The summed E-state index contributed by atoms with van der Waals surface area (Å²) in [6.45, 7) is 8.47. The van der Waals surface area contributed by atoms with E-state index in [1.807, 2.05) is 30.1 Å². The van der Waals surface area contributed by atoms with Gasteiger partial charge < -0.3 is 19.0 Å². The number of aryl methyl sites for hydroxylation is 2. The van der Waals surface area contributed by atoms with Gasteiger partial charge in [0, 0.05) is 37.5 Å². The molecule has 5 aromatic rings. The predicted molar refractivity (Wildman–Crippen MR) is 147 cm³/mol. The van der Waals surface area contributed by atoms with E-state index >= 15 is 0 Å². The number of rotatable bonds is 7. The Morgan fingerprint density at radius 2 is 1.84 bits per heavy atom. The highest BCUT2D eigenvalue weighted by molar-refractivity contribution is 5.88. The van der Waals surface area contributed by atoms with Crippen molar-refractivity contribution in [2.45, 2.75) is 20.4 Å². The lowest BCUT2D eigenvalue weighted by atomic mass is 10.1. The number of hydrogen-bond donors (Lipinski definition) is 0. The van der Waals surface area contributed by atoms with Crippen LogP contribution in [-0.4, -0.2) is 81.4 Å². The second kappa shape index (κ2) is 10.0. The Bertz CT molecular complexity index is 1580. The minimum Gasteiger partial charge on any atom is -0.449 e. The highest BCUT2D eigenvalue weighted by Gasteiger charge is 2.23. The van der Waals surface area contributed by atoms with E-state index in [9.17, 15) is 0 Å². The van der Waals surface area contributed by atoms with Gasteiger partial charge in [0.25, 0.3) is 5.95 Å². The summed E-state index contributed by atoms with van der Waals surface area (Å²) in [6, 6.07) is 12.4. The number of aromatic nitrogens is 6. The van der Waals surface area contributed by atoms with Crippen molar-refractivity contribution < 1.29 is 9.15 Å². The summed E-state index contributed by atoms with van der Waals surface area (Å²) in [5, 5.41) is 9.31. The van der Waals surface area contributed by atoms with Gasteiger partial charge in [-0.2, -0.15) is 15.2 Å². The van der Waals surface area contributed by atoms with E-state index in [-0.39, 0.29) is 0 Å². The highest BCUT2D eigenvalue weighted by atomic mass is 16.5. The maximum atomic E-state index is 6.47. The van der Waals surface area contributed by atoms with Crippen molar-refractivity contribution in [3.8, 4) is 28.5 Å². The smallest absolute Gasteiger partial charge is 0.253 e. The summed E-state index contributed by atoms with van der Waals surface area (Å²) in [5.74, 6) is 1.98. The van der Waals surface area contributed by atoms with Crippen LogP contribution < -0.4 is 4.90 Å². The van der Waals surface area contributed by atoms with Crippen LogP contribution in [-0.2, 0) is 11.3 Å². The Balaban J connectivity index is 1.44. The zero-order valence-corrected chi connectivity index (χ0v) is 22.3. The van der Waals surface area contributed by atoms with Crippen molar-refractivity contribution in [1.82, 2.24) is 34.4 Å². The van der Waals surface area contributed by atoms with Gasteiger partial charge in [-0.05, 0) is 39.6 Å². The first-order chi connectivity index (χ1) is 18.4. The summed E-state index contributed by atoms with van der Waals surface area (Å²) in [6.07, 6.45) is 3.82. The second-order valence-electron chi connectivity index (χ2n) is 10.0. The molecule has 10 nitrogen and oxygen atoms in total. The molecule has 38 heavy (non-hydrogen) atoms. The summed E-state index contributed by atoms with van der Waals surface area (Å²) in [4.78, 5) is 14.2. The van der Waals surface area contributed by atoms with E-state index in [1.165, 1.54) is 5.56 Å². The number of nitrogens with zero attached hydrogens (tertiary/aromatic N) is 8. The van der Waals surface area contributed by atoms with Crippen LogP contribution in [0.25, 0.3) is 39.6 Å². The molecule has 0 unspecified atom stereocenters. The number of anilines is 1. The molecule has 1 aliphatic heterocycles. The van der Waals surface area contributed by atoms with Crippen molar-refractivity contribution in [3.05, 3.63) is 60.0 Å². The third-order valence-electron chi connectivity index (χ3n) is 6.71. The number of benzene rings is 1. The Kier molecular flexibility index (Phi) is 6.42. The summed E-state index contributed by atoms with van der Waals surface area (Å²) < 4.78 is 15.8. The number of likely N-dealkylation sites (N-methyl/N-ethyl adjacent to an activating group) is 1. The molecule has 1 aromatic carbocycles. The lowest BCUT2D eigenvalue weighted by molar-refractivity contribution is 0.122. The zero-order chi connectivity index (χ0) is 26.2. The largest absolute Gasteiger partial charge is 0.449 e. The Morgan fingerprint density at radius 3 is 2.63 bits per heavy atom. The standard InChI is InChI=1S/C28H32N8O2/c1-19-6-5-7-21(14-19)22-17-29-36(18-22)28-30-23-16-25(24-15-20(2)32-35(24)9-8-33(3)4)38-26(23)27(31-28)34-10-12-37-13-11-34/h5-7,14-18H,8-13H2,1-4H3. The van der Waals surface area contributed by atoms with Gasteiger partial charge in [-0.15, -0.1) is 0 Å². The van der Waals surface area contributed by atoms with Gasteiger partial charge in [-0.1, -0.05) is 29.8 Å².